The molecule has 0 unspecified atom stereocenters. The molecule has 1 heterocycles. The van der Waals surface area contributed by atoms with Crippen LogP contribution in [-0.2, 0) is 26.4 Å². The van der Waals surface area contributed by atoms with Crippen LogP contribution in [-0.4, -0.2) is 21.3 Å². The highest BCUT2D eigenvalue weighted by Gasteiger charge is 2.31. The van der Waals surface area contributed by atoms with E-state index in [1.807, 2.05) is 39.1 Å². The van der Waals surface area contributed by atoms with E-state index in [4.69, 9.17) is 17.3 Å². The molecule has 0 atom stereocenters. The van der Waals surface area contributed by atoms with E-state index < -0.39 is 6.36 Å². The summed E-state index contributed by atoms with van der Waals surface area (Å²) in [6.07, 6.45) is -3.10. The first-order valence-electron chi connectivity index (χ1n) is 12.5. The highest BCUT2D eigenvalue weighted by atomic mass is 32.1. The maximum absolute atomic E-state index is 12.5. The number of rotatable bonds is 6. The minimum Gasteiger partial charge on any atom is -0.406 e. The van der Waals surface area contributed by atoms with Gasteiger partial charge in [-0.15, -0.1) is 13.2 Å². The molecule has 1 aromatic heterocycles. The molecule has 0 fully saturated rings. The van der Waals surface area contributed by atoms with E-state index in [1.165, 1.54) is 17.7 Å². The number of aromatic nitrogens is 2. The summed E-state index contributed by atoms with van der Waals surface area (Å²) in [5, 5.41) is 8.52. The van der Waals surface area contributed by atoms with Crippen LogP contribution in [0.3, 0.4) is 0 Å². The Balaban J connectivity index is 1.26. The first-order chi connectivity index (χ1) is 18.6. The number of nitrogens with zero attached hydrogens (tertiary/aromatic N) is 2. The van der Waals surface area contributed by atoms with E-state index in [9.17, 15) is 13.2 Å². The lowest BCUT2D eigenvalue weighted by Gasteiger charge is -2.18. The molecular formula is C29H28F3N5OS. The molecule has 10 heteroatoms. The highest BCUT2D eigenvalue weighted by molar-refractivity contribution is 7.80. The third kappa shape index (κ3) is 5.91. The second kappa shape index (κ2) is 10.7. The fraction of sp³-hybridized carbons (Fsp3) is 0.241. The van der Waals surface area contributed by atoms with Crippen molar-refractivity contribution >= 4 is 23.0 Å². The van der Waals surface area contributed by atoms with E-state index in [0.29, 0.717) is 11.7 Å². The van der Waals surface area contributed by atoms with Crippen LogP contribution in [0.15, 0.2) is 60.7 Å². The van der Waals surface area contributed by atoms with Crippen LogP contribution in [0.5, 0.6) is 5.75 Å². The topological polar surface area (TPSA) is 63.1 Å². The van der Waals surface area contributed by atoms with Gasteiger partial charge in [0.25, 0.3) is 0 Å². The minimum atomic E-state index is -4.72. The average Bonchev–Trinajstić information content (AvgIpc) is 3.22. The van der Waals surface area contributed by atoms with Gasteiger partial charge < -0.3 is 10.1 Å². The lowest BCUT2D eigenvalue weighted by atomic mass is 9.87. The molecule has 202 valence electrons. The number of benzene rings is 3. The van der Waals surface area contributed by atoms with Crippen LogP contribution < -0.4 is 20.9 Å². The van der Waals surface area contributed by atoms with Crippen molar-refractivity contribution < 1.29 is 17.9 Å². The Hall–Kier alpha value is -3.89. The summed E-state index contributed by atoms with van der Waals surface area (Å²) >= 11 is 5.44. The zero-order valence-corrected chi connectivity index (χ0v) is 22.6. The predicted octanol–water partition coefficient (Wildman–Crippen LogP) is 6.36. The summed E-state index contributed by atoms with van der Waals surface area (Å²) in [7, 11) is 1.85. The van der Waals surface area contributed by atoms with Crippen molar-refractivity contribution in [3.05, 3.63) is 88.5 Å². The number of hydrogen-bond acceptors (Lipinski definition) is 4. The number of hydrogen-bond donors (Lipinski definition) is 3. The second-order valence-corrected chi connectivity index (χ2v) is 9.97. The van der Waals surface area contributed by atoms with Crippen molar-refractivity contribution in [1.82, 2.24) is 20.6 Å². The van der Waals surface area contributed by atoms with Crippen molar-refractivity contribution in [3.8, 4) is 28.3 Å². The summed E-state index contributed by atoms with van der Waals surface area (Å²) < 4.78 is 43.4. The van der Waals surface area contributed by atoms with Crippen LogP contribution in [0.1, 0.15) is 27.8 Å². The van der Waals surface area contributed by atoms with E-state index in [2.05, 4.69) is 39.1 Å². The molecule has 3 aromatic carbocycles. The average molecular weight is 552 g/mol. The largest absolute Gasteiger partial charge is 0.573 e. The monoisotopic (exact) mass is 551 g/mol. The van der Waals surface area contributed by atoms with Crippen LogP contribution >= 0.6 is 12.2 Å². The molecule has 1 aliphatic rings. The first-order valence-corrected chi connectivity index (χ1v) is 12.9. The molecule has 39 heavy (non-hydrogen) atoms. The maximum atomic E-state index is 12.5. The predicted molar refractivity (Wildman–Crippen MR) is 150 cm³/mol. The number of anilines is 1. The number of para-hydroxylation sites is 1. The number of hydrazine groups is 1. The van der Waals surface area contributed by atoms with Gasteiger partial charge in [-0.2, -0.15) is 5.10 Å². The highest BCUT2D eigenvalue weighted by Crippen LogP contribution is 2.39. The molecule has 6 nitrogen and oxygen atoms in total. The van der Waals surface area contributed by atoms with Crippen LogP contribution in [0, 0.1) is 13.8 Å². The Morgan fingerprint density at radius 3 is 2.44 bits per heavy atom. The third-order valence-electron chi connectivity index (χ3n) is 6.79. The van der Waals surface area contributed by atoms with Gasteiger partial charge in [0.1, 0.15) is 5.75 Å². The van der Waals surface area contributed by atoms with Crippen LogP contribution in [0.25, 0.3) is 22.5 Å². The molecule has 5 rings (SSSR count). The molecule has 0 amide bonds. The molecule has 0 aliphatic heterocycles. The van der Waals surface area contributed by atoms with Crippen molar-refractivity contribution in [2.45, 2.75) is 39.6 Å². The smallest absolute Gasteiger partial charge is 0.406 e. The number of fused-ring (bicyclic) bond motifs is 3. The van der Waals surface area contributed by atoms with Gasteiger partial charge in [0.05, 0.1) is 11.4 Å². The van der Waals surface area contributed by atoms with Crippen molar-refractivity contribution in [2.24, 2.45) is 7.05 Å². The zero-order valence-electron chi connectivity index (χ0n) is 21.7. The number of aryl methyl sites for hydroxylation is 4. The van der Waals surface area contributed by atoms with Gasteiger partial charge in [-0.1, -0.05) is 36.4 Å². The summed E-state index contributed by atoms with van der Waals surface area (Å²) in [4.78, 5) is 0. The fourth-order valence-electron chi connectivity index (χ4n) is 5.03. The molecule has 1 aliphatic carbocycles. The van der Waals surface area contributed by atoms with E-state index >= 15 is 0 Å². The molecule has 0 bridgehead atoms. The summed E-state index contributed by atoms with van der Waals surface area (Å²) in [6, 6.07) is 18.3. The zero-order chi connectivity index (χ0) is 27.7. The van der Waals surface area contributed by atoms with E-state index in [1.54, 1.807) is 16.8 Å². The van der Waals surface area contributed by atoms with E-state index in [0.717, 1.165) is 63.3 Å². The number of nitrogens with one attached hydrogen (secondary N) is 3. The van der Waals surface area contributed by atoms with Gasteiger partial charge in [0, 0.05) is 36.0 Å². The summed E-state index contributed by atoms with van der Waals surface area (Å²) in [5.74, 6) is -0.245. The fourth-order valence-corrected chi connectivity index (χ4v) is 5.21. The Labute approximate surface area is 230 Å². The number of ether oxygens (including phenoxy) is 1. The molecule has 0 saturated heterocycles. The SMILES string of the molecule is Cc1cccc(C)c1NC(=S)NNCc1ccc2c(c1)CCc1c-2nn(C)c1-c1ccc(OC(F)(F)F)cc1. The Kier molecular flexibility index (Phi) is 7.33. The molecular weight excluding hydrogens is 523 g/mol. The van der Waals surface area contributed by atoms with Gasteiger partial charge in [0.2, 0.25) is 0 Å². The van der Waals surface area contributed by atoms with Gasteiger partial charge in [0.15, 0.2) is 5.11 Å². The van der Waals surface area contributed by atoms with Gasteiger partial charge >= 0.3 is 6.36 Å². The summed E-state index contributed by atoms with van der Waals surface area (Å²) in [5.41, 5.74) is 16.6. The van der Waals surface area contributed by atoms with Gasteiger partial charge in [-0.3, -0.25) is 10.1 Å². The Morgan fingerprint density at radius 2 is 1.74 bits per heavy atom. The quantitative estimate of drug-likeness (QED) is 0.192. The number of halogens is 3. The molecule has 0 spiro atoms. The normalized spacial score (nSPS) is 12.5. The second-order valence-electron chi connectivity index (χ2n) is 9.56. The van der Waals surface area contributed by atoms with Crippen LogP contribution in [0.4, 0.5) is 18.9 Å². The number of thiocarbonyl (C=S) groups is 1. The van der Waals surface area contributed by atoms with Gasteiger partial charge in [-0.05, 0) is 85.4 Å². The molecule has 0 radical (unpaired) electrons. The lowest BCUT2D eigenvalue weighted by molar-refractivity contribution is -0.274. The number of alkyl halides is 3. The molecule has 0 saturated carbocycles. The third-order valence-corrected chi connectivity index (χ3v) is 6.99. The minimum absolute atomic E-state index is 0.245. The molecule has 3 N–H and O–H groups in total. The lowest BCUT2D eigenvalue weighted by Crippen LogP contribution is -2.39. The molecule has 4 aromatic rings. The maximum Gasteiger partial charge on any atom is 0.573 e. The summed E-state index contributed by atoms with van der Waals surface area (Å²) in [6.45, 7) is 4.66. The van der Waals surface area contributed by atoms with Gasteiger partial charge in [-0.25, -0.2) is 5.43 Å². The standard InChI is InChI=1S/C29H28F3N5OS/c1-17-5-4-6-18(2)25(17)34-28(39)35-33-16-19-7-13-23-21(15-19)10-14-24-26(23)36-37(3)27(24)20-8-11-22(12-9-20)38-29(30,31)32/h4-9,11-13,15,33H,10,14,16H2,1-3H3,(H2,34,35,39). The van der Waals surface area contributed by atoms with Crippen molar-refractivity contribution in [3.63, 3.8) is 0 Å². The van der Waals surface area contributed by atoms with Crippen molar-refractivity contribution in [1.29, 1.82) is 0 Å². The Morgan fingerprint density at radius 1 is 1.03 bits per heavy atom. The van der Waals surface area contributed by atoms with E-state index in [-0.39, 0.29) is 5.75 Å². The van der Waals surface area contributed by atoms with Crippen molar-refractivity contribution in [2.75, 3.05) is 5.32 Å². The van der Waals surface area contributed by atoms with Crippen LogP contribution in [0.2, 0.25) is 0 Å². The first kappa shape index (κ1) is 26.7. The Bertz CT molecular complexity index is 1510.